The first-order valence-corrected chi connectivity index (χ1v) is 9.61. The number of hydrogen-bond donors (Lipinski definition) is 1. The van der Waals surface area contributed by atoms with Crippen molar-refractivity contribution in [1.29, 1.82) is 0 Å². The molecule has 1 amide bonds. The number of carbonyl (C=O) groups is 1. The number of carbonyl (C=O) groups excluding carboxylic acids is 1. The van der Waals surface area contributed by atoms with E-state index >= 15 is 0 Å². The first-order chi connectivity index (χ1) is 13.0. The van der Waals surface area contributed by atoms with Crippen molar-refractivity contribution >= 4 is 27.5 Å². The van der Waals surface area contributed by atoms with Crippen LogP contribution in [0.25, 0.3) is 6.08 Å². The number of anilines is 1. The molecule has 0 bridgehead atoms. The van der Waals surface area contributed by atoms with Crippen molar-refractivity contribution in [2.24, 2.45) is 0 Å². The Balaban J connectivity index is 1.73. The summed E-state index contributed by atoms with van der Waals surface area (Å²) >= 11 is 0. The Labute approximate surface area is 157 Å². The van der Waals surface area contributed by atoms with Gasteiger partial charge in [0.15, 0.2) is 0 Å². The van der Waals surface area contributed by atoms with Crippen LogP contribution < -0.4 is 5.32 Å². The fraction of sp³-hybridized carbons (Fsp3) is 0.0500. The molecule has 6 nitrogen and oxygen atoms in total. The lowest BCUT2D eigenvalue weighted by molar-refractivity contribution is -0.111. The second-order valence-electron chi connectivity index (χ2n) is 5.72. The summed E-state index contributed by atoms with van der Waals surface area (Å²) in [5.41, 5.74) is 1.74. The molecule has 0 atom stereocenters. The molecule has 27 heavy (non-hydrogen) atoms. The van der Waals surface area contributed by atoms with E-state index in [4.69, 9.17) is 0 Å². The van der Waals surface area contributed by atoms with Crippen molar-refractivity contribution in [2.75, 3.05) is 5.32 Å². The second-order valence-corrected chi connectivity index (χ2v) is 7.64. The van der Waals surface area contributed by atoms with E-state index in [-0.39, 0.29) is 15.7 Å². The normalized spacial score (nSPS) is 11.4. The lowest BCUT2D eigenvalue weighted by atomic mass is 10.2. The van der Waals surface area contributed by atoms with Crippen molar-refractivity contribution < 1.29 is 13.2 Å². The minimum atomic E-state index is -3.66. The third kappa shape index (κ3) is 4.45. The molecular weight excluding hydrogens is 362 g/mol. The molecule has 7 heteroatoms. The molecule has 0 aliphatic rings. The Bertz CT molecular complexity index is 1080. The summed E-state index contributed by atoms with van der Waals surface area (Å²) in [6.45, 7) is 1.65. The molecule has 0 radical (unpaired) electrons. The van der Waals surface area contributed by atoms with Crippen molar-refractivity contribution in [3.63, 3.8) is 0 Å². The van der Waals surface area contributed by atoms with Gasteiger partial charge in [-0.3, -0.25) is 14.8 Å². The number of rotatable bonds is 5. The topological polar surface area (TPSA) is 89.0 Å². The fourth-order valence-electron chi connectivity index (χ4n) is 2.43. The van der Waals surface area contributed by atoms with Crippen molar-refractivity contribution in [3.05, 3.63) is 84.5 Å². The van der Waals surface area contributed by atoms with E-state index in [1.165, 1.54) is 24.3 Å². The third-order valence-corrected chi connectivity index (χ3v) is 5.69. The van der Waals surface area contributed by atoms with Gasteiger partial charge in [-0.05, 0) is 61.0 Å². The van der Waals surface area contributed by atoms with Crippen LogP contribution in [0.2, 0.25) is 0 Å². The molecule has 1 N–H and O–H groups in total. The standard InChI is InChI=1S/C20H17N3O3S/c1-15-19(5-3-13-22-15)27(25,26)18-9-7-17(8-10-18)23-20(24)11-6-16-4-2-12-21-14-16/h2-14H,1H3,(H,23,24). The Morgan fingerprint density at radius 3 is 2.44 bits per heavy atom. The van der Waals surface area contributed by atoms with Crippen LogP contribution in [0.3, 0.4) is 0 Å². The molecule has 2 aromatic heterocycles. The molecule has 0 saturated heterocycles. The predicted octanol–water partition coefficient (Wildman–Crippen LogP) is 3.27. The summed E-state index contributed by atoms with van der Waals surface area (Å²) < 4.78 is 25.4. The van der Waals surface area contributed by atoms with Gasteiger partial charge < -0.3 is 5.32 Å². The Morgan fingerprint density at radius 1 is 1.04 bits per heavy atom. The van der Waals surface area contributed by atoms with E-state index < -0.39 is 9.84 Å². The van der Waals surface area contributed by atoms with Gasteiger partial charge in [0.2, 0.25) is 15.7 Å². The molecule has 0 unspecified atom stereocenters. The zero-order valence-electron chi connectivity index (χ0n) is 14.5. The first-order valence-electron chi connectivity index (χ1n) is 8.13. The molecule has 3 aromatic rings. The molecular formula is C20H17N3O3S. The Kier molecular flexibility index (Phi) is 5.42. The second kappa shape index (κ2) is 7.92. The first kappa shape index (κ1) is 18.5. The number of hydrogen-bond acceptors (Lipinski definition) is 5. The summed E-state index contributed by atoms with van der Waals surface area (Å²) in [6.07, 6.45) is 7.88. The maximum absolute atomic E-state index is 12.7. The van der Waals surface area contributed by atoms with Crippen LogP contribution in [0.4, 0.5) is 5.69 Å². The maximum atomic E-state index is 12.7. The molecule has 0 fully saturated rings. The van der Waals surface area contributed by atoms with Gasteiger partial charge >= 0.3 is 0 Å². The van der Waals surface area contributed by atoms with E-state index in [0.717, 1.165) is 5.56 Å². The lowest BCUT2D eigenvalue weighted by Crippen LogP contribution is -2.09. The average molecular weight is 379 g/mol. The maximum Gasteiger partial charge on any atom is 0.248 e. The number of sulfone groups is 1. The minimum absolute atomic E-state index is 0.141. The summed E-state index contributed by atoms with van der Waals surface area (Å²) in [7, 11) is -3.66. The van der Waals surface area contributed by atoms with E-state index in [1.54, 1.807) is 55.9 Å². The highest BCUT2D eigenvalue weighted by Crippen LogP contribution is 2.23. The smallest absolute Gasteiger partial charge is 0.248 e. The van der Waals surface area contributed by atoms with Crippen LogP contribution in [-0.2, 0) is 14.6 Å². The van der Waals surface area contributed by atoms with Crippen LogP contribution in [0, 0.1) is 6.92 Å². The van der Waals surface area contributed by atoms with Gasteiger partial charge in [0.25, 0.3) is 0 Å². The van der Waals surface area contributed by atoms with Gasteiger partial charge in [0, 0.05) is 30.4 Å². The van der Waals surface area contributed by atoms with Crippen LogP contribution >= 0.6 is 0 Å². The molecule has 1 aromatic carbocycles. The summed E-state index contributed by atoms with van der Waals surface area (Å²) in [6, 6.07) is 12.7. The van der Waals surface area contributed by atoms with Crippen LogP contribution in [0.1, 0.15) is 11.3 Å². The zero-order chi connectivity index (χ0) is 19.3. The molecule has 136 valence electrons. The Hall–Kier alpha value is -3.32. The molecule has 2 heterocycles. The number of benzene rings is 1. The number of pyridine rings is 2. The number of nitrogens with zero attached hydrogens (tertiary/aromatic N) is 2. The predicted molar refractivity (Wildman–Crippen MR) is 103 cm³/mol. The highest BCUT2D eigenvalue weighted by atomic mass is 32.2. The van der Waals surface area contributed by atoms with Crippen molar-refractivity contribution in [2.45, 2.75) is 16.7 Å². The van der Waals surface area contributed by atoms with E-state index in [1.807, 2.05) is 6.07 Å². The van der Waals surface area contributed by atoms with Crippen LogP contribution in [-0.4, -0.2) is 24.3 Å². The summed E-state index contributed by atoms with van der Waals surface area (Å²) in [5, 5.41) is 2.69. The summed E-state index contributed by atoms with van der Waals surface area (Å²) in [4.78, 5) is 20.3. The largest absolute Gasteiger partial charge is 0.323 e. The average Bonchev–Trinajstić information content (AvgIpc) is 2.68. The number of amides is 1. The number of aryl methyl sites for hydroxylation is 1. The van der Waals surface area contributed by atoms with Gasteiger partial charge in [-0.1, -0.05) is 6.07 Å². The quantitative estimate of drug-likeness (QED) is 0.687. The summed E-state index contributed by atoms with van der Waals surface area (Å²) in [5.74, 6) is -0.322. The zero-order valence-corrected chi connectivity index (χ0v) is 15.3. The van der Waals surface area contributed by atoms with E-state index in [9.17, 15) is 13.2 Å². The van der Waals surface area contributed by atoms with Crippen molar-refractivity contribution in [3.8, 4) is 0 Å². The fourth-order valence-corrected chi connectivity index (χ4v) is 3.88. The van der Waals surface area contributed by atoms with Gasteiger partial charge in [0.1, 0.15) is 0 Å². The molecule has 0 aliphatic heterocycles. The SMILES string of the molecule is Cc1ncccc1S(=O)(=O)c1ccc(NC(=O)C=Cc2cccnc2)cc1. The van der Waals surface area contributed by atoms with Gasteiger partial charge in [-0.25, -0.2) is 8.42 Å². The number of aromatic nitrogens is 2. The Morgan fingerprint density at radius 2 is 1.78 bits per heavy atom. The minimum Gasteiger partial charge on any atom is -0.323 e. The van der Waals surface area contributed by atoms with Crippen molar-refractivity contribution in [1.82, 2.24) is 9.97 Å². The van der Waals surface area contributed by atoms with Gasteiger partial charge in [-0.2, -0.15) is 0 Å². The van der Waals surface area contributed by atoms with E-state index in [2.05, 4.69) is 15.3 Å². The van der Waals surface area contributed by atoms with Crippen LogP contribution in [0.5, 0.6) is 0 Å². The monoisotopic (exact) mass is 379 g/mol. The van der Waals surface area contributed by atoms with E-state index in [0.29, 0.717) is 11.4 Å². The highest BCUT2D eigenvalue weighted by Gasteiger charge is 2.20. The molecule has 0 saturated carbocycles. The molecule has 0 spiro atoms. The molecule has 0 aliphatic carbocycles. The molecule has 3 rings (SSSR count). The van der Waals surface area contributed by atoms with Gasteiger partial charge in [0.05, 0.1) is 15.5 Å². The lowest BCUT2D eigenvalue weighted by Gasteiger charge is -2.08. The van der Waals surface area contributed by atoms with Gasteiger partial charge in [-0.15, -0.1) is 0 Å². The highest BCUT2D eigenvalue weighted by molar-refractivity contribution is 7.91. The number of nitrogens with one attached hydrogen (secondary N) is 1. The third-order valence-electron chi connectivity index (χ3n) is 3.79. The van der Waals surface area contributed by atoms with Crippen LogP contribution in [0.15, 0.2) is 83.0 Å².